The molecule has 2 aromatic carbocycles. The monoisotopic (exact) mass is 399 g/mol. The molecule has 1 N–H and O–H groups in total. The number of methoxy groups -OCH3 is 2. The Labute approximate surface area is 167 Å². The first-order valence-corrected chi connectivity index (χ1v) is 9.49. The van der Waals surface area contributed by atoms with Crippen LogP contribution in [0.3, 0.4) is 0 Å². The summed E-state index contributed by atoms with van der Waals surface area (Å²) in [7, 11) is 4.80. The first-order valence-electron chi connectivity index (χ1n) is 8.61. The molecule has 2 aromatic rings. The third-order valence-corrected chi connectivity index (χ3v) is 5.42. The zero-order valence-corrected chi connectivity index (χ0v) is 16.7. The van der Waals surface area contributed by atoms with E-state index in [9.17, 15) is 9.59 Å². The molecule has 0 radical (unpaired) electrons. The summed E-state index contributed by atoms with van der Waals surface area (Å²) < 4.78 is 10.4. The Morgan fingerprint density at radius 1 is 1.14 bits per heavy atom. The molecule has 1 aliphatic heterocycles. The quantitative estimate of drug-likeness (QED) is 0.806. The Bertz CT molecular complexity index is 899. The lowest BCUT2D eigenvalue weighted by molar-refractivity contribution is -0.127. The second-order valence-electron chi connectivity index (χ2n) is 6.05. The second-order valence-corrected chi connectivity index (χ2v) is 7.22. The van der Waals surface area contributed by atoms with Crippen LogP contribution in [-0.4, -0.2) is 48.4 Å². The van der Waals surface area contributed by atoms with Gasteiger partial charge in [0.2, 0.25) is 11.8 Å². The van der Waals surface area contributed by atoms with Gasteiger partial charge < -0.3 is 14.8 Å². The van der Waals surface area contributed by atoms with Crippen LogP contribution in [0.4, 0.5) is 11.4 Å². The maximum Gasteiger partial charge on any atom is 0.242 e. The number of amidine groups is 1. The first kappa shape index (κ1) is 19.8. The van der Waals surface area contributed by atoms with Crippen molar-refractivity contribution in [2.75, 3.05) is 26.6 Å². The number of carbonyl (C=O) groups is 2. The van der Waals surface area contributed by atoms with Crippen LogP contribution in [0, 0.1) is 0 Å². The molecule has 0 aromatic heterocycles. The van der Waals surface area contributed by atoms with Crippen molar-refractivity contribution in [3.63, 3.8) is 0 Å². The summed E-state index contributed by atoms with van der Waals surface area (Å²) in [6.07, 6.45) is 0.0491. The van der Waals surface area contributed by atoms with E-state index in [4.69, 9.17) is 9.47 Å². The molecule has 0 bridgehead atoms. The highest BCUT2D eigenvalue weighted by atomic mass is 32.2. The van der Waals surface area contributed by atoms with Crippen molar-refractivity contribution in [3.8, 4) is 11.5 Å². The smallest absolute Gasteiger partial charge is 0.242 e. The number of thioether (sulfide) groups is 1. The number of carbonyl (C=O) groups excluding carboxylic acids is 2. The molecule has 1 heterocycles. The van der Waals surface area contributed by atoms with Crippen LogP contribution in [0.25, 0.3) is 0 Å². The number of amides is 2. The van der Waals surface area contributed by atoms with E-state index in [0.717, 1.165) is 5.75 Å². The summed E-state index contributed by atoms with van der Waals surface area (Å²) in [5.41, 5.74) is 1.29. The summed E-state index contributed by atoms with van der Waals surface area (Å²) in [6.45, 7) is 0. The second kappa shape index (κ2) is 8.79. The van der Waals surface area contributed by atoms with Crippen LogP contribution in [0.2, 0.25) is 0 Å². The van der Waals surface area contributed by atoms with Crippen LogP contribution >= 0.6 is 11.8 Å². The number of ether oxygens (including phenoxy) is 2. The molecular formula is C20H21N3O4S. The van der Waals surface area contributed by atoms with E-state index in [0.29, 0.717) is 22.3 Å². The van der Waals surface area contributed by atoms with E-state index in [1.54, 1.807) is 44.5 Å². The van der Waals surface area contributed by atoms with Crippen molar-refractivity contribution < 1.29 is 19.1 Å². The first-order chi connectivity index (χ1) is 13.5. The van der Waals surface area contributed by atoms with Crippen molar-refractivity contribution in [3.05, 3.63) is 48.5 Å². The number of nitrogens with zero attached hydrogens (tertiary/aromatic N) is 2. The van der Waals surface area contributed by atoms with E-state index < -0.39 is 5.25 Å². The van der Waals surface area contributed by atoms with Crippen LogP contribution in [-0.2, 0) is 9.59 Å². The van der Waals surface area contributed by atoms with Gasteiger partial charge in [-0.15, -0.1) is 0 Å². The molecule has 3 rings (SSSR count). The molecule has 8 heteroatoms. The summed E-state index contributed by atoms with van der Waals surface area (Å²) in [5.74, 6) is 0.903. The minimum Gasteiger partial charge on any atom is -0.497 e. The van der Waals surface area contributed by atoms with E-state index in [-0.39, 0.29) is 18.2 Å². The van der Waals surface area contributed by atoms with E-state index in [1.165, 1.54) is 23.8 Å². The van der Waals surface area contributed by atoms with Crippen molar-refractivity contribution in [1.29, 1.82) is 0 Å². The largest absolute Gasteiger partial charge is 0.497 e. The summed E-state index contributed by atoms with van der Waals surface area (Å²) >= 11 is 1.28. The van der Waals surface area contributed by atoms with Crippen LogP contribution in [0.1, 0.15) is 6.42 Å². The minimum absolute atomic E-state index is 0.0491. The lowest BCUT2D eigenvalue weighted by atomic mass is 10.2. The zero-order valence-electron chi connectivity index (χ0n) is 15.8. The summed E-state index contributed by atoms with van der Waals surface area (Å²) in [6, 6.07) is 14.4. The Hall–Kier alpha value is -3.00. The predicted molar refractivity (Wildman–Crippen MR) is 110 cm³/mol. The molecule has 1 fully saturated rings. The van der Waals surface area contributed by atoms with Crippen LogP contribution in [0.15, 0.2) is 53.5 Å². The molecule has 0 unspecified atom stereocenters. The van der Waals surface area contributed by atoms with E-state index in [1.807, 2.05) is 18.2 Å². The molecule has 2 amide bonds. The Morgan fingerprint density at radius 3 is 2.54 bits per heavy atom. The molecule has 1 saturated heterocycles. The van der Waals surface area contributed by atoms with Gasteiger partial charge in [-0.25, -0.2) is 4.99 Å². The Kier molecular flexibility index (Phi) is 6.20. The van der Waals surface area contributed by atoms with Gasteiger partial charge in [0.15, 0.2) is 5.17 Å². The maximum absolute atomic E-state index is 12.5. The fourth-order valence-electron chi connectivity index (χ4n) is 2.68. The number of benzene rings is 2. The van der Waals surface area contributed by atoms with Crippen molar-refractivity contribution in [2.45, 2.75) is 11.7 Å². The van der Waals surface area contributed by atoms with E-state index >= 15 is 0 Å². The summed E-state index contributed by atoms with van der Waals surface area (Å²) in [5, 5.41) is 2.84. The number of hydrogen-bond donors (Lipinski definition) is 1. The van der Waals surface area contributed by atoms with Gasteiger partial charge >= 0.3 is 0 Å². The summed E-state index contributed by atoms with van der Waals surface area (Å²) in [4.78, 5) is 30.9. The highest BCUT2D eigenvalue weighted by Gasteiger charge is 2.37. The van der Waals surface area contributed by atoms with Gasteiger partial charge in [-0.05, 0) is 36.4 Å². The van der Waals surface area contributed by atoms with Gasteiger partial charge in [0, 0.05) is 13.5 Å². The zero-order chi connectivity index (χ0) is 20.1. The van der Waals surface area contributed by atoms with Crippen LogP contribution in [0.5, 0.6) is 11.5 Å². The topological polar surface area (TPSA) is 80.2 Å². The molecule has 146 valence electrons. The molecule has 0 saturated carbocycles. The Morgan fingerprint density at radius 2 is 1.86 bits per heavy atom. The van der Waals surface area contributed by atoms with Crippen LogP contribution < -0.4 is 14.8 Å². The normalized spacial score (nSPS) is 17.7. The third-order valence-electron chi connectivity index (χ3n) is 4.19. The van der Waals surface area contributed by atoms with Crippen molar-refractivity contribution >= 4 is 40.1 Å². The highest BCUT2D eigenvalue weighted by molar-refractivity contribution is 8.15. The maximum atomic E-state index is 12.5. The molecule has 0 aliphatic carbocycles. The number of hydrogen-bond acceptors (Lipinski definition) is 6. The highest BCUT2D eigenvalue weighted by Crippen LogP contribution is 2.31. The molecular weight excluding hydrogens is 378 g/mol. The number of rotatable bonds is 6. The van der Waals surface area contributed by atoms with Gasteiger partial charge in [0.25, 0.3) is 0 Å². The number of nitrogens with one attached hydrogen (secondary N) is 1. The van der Waals surface area contributed by atoms with Gasteiger partial charge in [0.05, 0.1) is 25.6 Å². The van der Waals surface area contributed by atoms with E-state index in [2.05, 4.69) is 10.3 Å². The predicted octanol–water partition coefficient (Wildman–Crippen LogP) is 3.29. The molecule has 1 atom stereocenters. The standard InChI is InChI=1S/C20H21N3O4S/c1-23-19(25)17(12-18(24)22-15-6-4-5-7-16(15)27-3)28-20(23)21-13-8-10-14(26-2)11-9-13/h4-11,17H,12H2,1-3H3,(H,22,24)/t17-/m1/s1. The third kappa shape index (κ3) is 4.45. The molecule has 7 nitrogen and oxygen atoms in total. The molecule has 1 aliphatic rings. The number of aliphatic imine (C=N–C) groups is 1. The van der Waals surface area contributed by atoms with Crippen molar-refractivity contribution in [1.82, 2.24) is 4.90 Å². The van der Waals surface area contributed by atoms with Crippen molar-refractivity contribution in [2.24, 2.45) is 4.99 Å². The molecule has 0 spiro atoms. The van der Waals surface area contributed by atoms with Gasteiger partial charge in [0.1, 0.15) is 16.7 Å². The fraction of sp³-hybridized carbons (Fsp3) is 0.250. The van der Waals surface area contributed by atoms with Gasteiger partial charge in [-0.3, -0.25) is 14.5 Å². The lowest BCUT2D eigenvalue weighted by Gasteiger charge is -2.11. The fourth-order valence-corrected chi connectivity index (χ4v) is 3.84. The average Bonchev–Trinajstić information content (AvgIpc) is 2.96. The minimum atomic E-state index is -0.517. The van der Waals surface area contributed by atoms with Gasteiger partial charge in [-0.1, -0.05) is 23.9 Å². The number of para-hydroxylation sites is 2. The molecule has 28 heavy (non-hydrogen) atoms. The lowest BCUT2D eigenvalue weighted by Crippen LogP contribution is -2.30. The Balaban J connectivity index is 1.67. The van der Waals surface area contributed by atoms with Gasteiger partial charge in [-0.2, -0.15) is 0 Å². The number of anilines is 1. The SMILES string of the molecule is COc1ccc(N=C2S[C@H](CC(=O)Nc3ccccc3OC)C(=O)N2C)cc1. The average molecular weight is 399 g/mol.